The lowest BCUT2D eigenvalue weighted by atomic mass is 9.84. The number of anilines is 1. The van der Waals surface area contributed by atoms with Crippen molar-refractivity contribution in [3.05, 3.63) is 131 Å². The summed E-state index contributed by atoms with van der Waals surface area (Å²) in [5, 5.41) is 18.2. The summed E-state index contributed by atoms with van der Waals surface area (Å²) < 4.78 is 31.5. The number of aryl methyl sites for hydroxylation is 1. The number of benzene rings is 4. The van der Waals surface area contributed by atoms with Crippen LogP contribution in [0.1, 0.15) is 34.6 Å². The molecule has 1 heterocycles. The van der Waals surface area contributed by atoms with Gasteiger partial charge < -0.3 is 30.2 Å². The molecule has 1 aliphatic heterocycles. The zero-order chi connectivity index (χ0) is 33.0. The van der Waals surface area contributed by atoms with E-state index in [0.29, 0.717) is 55.1 Å². The Morgan fingerprint density at radius 2 is 1.66 bits per heavy atom. The number of morpholine rings is 1. The van der Waals surface area contributed by atoms with Crippen LogP contribution in [0.15, 0.2) is 103 Å². The van der Waals surface area contributed by atoms with E-state index in [9.17, 15) is 14.0 Å². The summed E-state index contributed by atoms with van der Waals surface area (Å²) in [6, 6.07) is 31.1. The summed E-state index contributed by atoms with van der Waals surface area (Å²) in [4.78, 5) is 26.5. The molecule has 0 aliphatic carbocycles. The Kier molecular flexibility index (Phi) is 11.5. The second kappa shape index (κ2) is 16.4. The van der Waals surface area contributed by atoms with E-state index in [1.165, 1.54) is 25.3 Å². The third-order valence-electron chi connectivity index (χ3n) is 7.98. The van der Waals surface area contributed by atoms with E-state index in [0.717, 1.165) is 11.1 Å². The Morgan fingerprint density at radius 3 is 2.34 bits per heavy atom. The molecule has 1 aliphatic rings. The number of rotatable bonds is 12. The van der Waals surface area contributed by atoms with Gasteiger partial charge >= 0.3 is 6.09 Å². The van der Waals surface area contributed by atoms with E-state index in [4.69, 9.17) is 19.5 Å². The van der Waals surface area contributed by atoms with Crippen LogP contribution in [0.3, 0.4) is 0 Å². The molecule has 1 saturated heterocycles. The first-order chi connectivity index (χ1) is 22.9. The monoisotopic (exact) mass is 636 g/mol. The molecule has 1 unspecified atom stereocenters. The average Bonchev–Trinajstić information content (AvgIpc) is 3.11. The van der Waals surface area contributed by atoms with Crippen LogP contribution in [0.4, 0.5) is 14.9 Å². The first-order valence-electron chi connectivity index (χ1n) is 15.5. The number of nitrogens with one attached hydrogen (secondary N) is 3. The molecule has 10 heteroatoms. The van der Waals surface area contributed by atoms with Gasteiger partial charge in [-0.15, -0.1) is 0 Å². The highest BCUT2D eigenvalue weighted by Gasteiger charge is 2.33. The van der Waals surface area contributed by atoms with E-state index >= 15 is 0 Å². The van der Waals surface area contributed by atoms with Gasteiger partial charge in [0.15, 0.2) is 0 Å². The summed E-state index contributed by atoms with van der Waals surface area (Å²) in [7, 11) is 1.24. The highest BCUT2D eigenvalue weighted by atomic mass is 19.1. The molecule has 4 aromatic carbocycles. The maximum absolute atomic E-state index is 14.5. The van der Waals surface area contributed by atoms with Gasteiger partial charge in [0.2, 0.25) is 5.91 Å². The fourth-order valence-corrected chi connectivity index (χ4v) is 5.69. The van der Waals surface area contributed by atoms with Gasteiger partial charge in [-0.05, 0) is 65.9 Å². The predicted octanol–water partition coefficient (Wildman–Crippen LogP) is 5.56. The molecular weight excluding hydrogens is 599 g/mol. The minimum atomic E-state index is -1.05. The van der Waals surface area contributed by atoms with Crippen LogP contribution in [-0.4, -0.2) is 57.1 Å². The lowest BCUT2D eigenvalue weighted by Gasteiger charge is -2.31. The van der Waals surface area contributed by atoms with Crippen molar-refractivity contribution in [2.45, 2.75) is 37.0 Å². The first kappa shape index (κ1) is 33.1. The summed E-state index contributed by atoms with van der Waals surface area (Å²) in [6.07, 6.45) is -0.166. The van der Waals surface area contributed by atoms with Crippen LogP contribution in [-0.2, 0) is 20.7 Å². The maximum Gasteiger partial charge on any atom is 0.407 e. The minimum Gasteiger partial charge on any atom is -0.491 e. The van der Waals surface area contributed by atoms with Gasteiger partial charge in [0.25, 0.3) is 0 Å². The third-order valence-corrected chi connectivity index (χ3v) is 7.98. The number of hydrogen-bond acceptors (Lipinski definition) is 7. The third kappa shape index (κ3) is 9.16. The lowest BCUT2D eigenvalue weighted by molar-refractivity contribution is -0.118. The number of alkyl carbamates (subject to hydrolysis) is 1. The number of carbonyl (C=O) groups is 2. The Morgan fingerprint density at radius 1 is 0.957 bits per heavy atom. The van der Waals surface area contributed by atoms with Gasteiger partial charge in [0.05, 0.1) is 24.8 Å². The average molecular weight is 637 g/mol. The maximum atomic E-state index is 14.5. The van der Waals surface area contributed by atoms with E-state index in [1.807, 2.05) is 60.7 Å². The summed E-state index contributed by atoms with van der Waals surface area (Å²) >= 11 is 0. The zero-order valence-corrected chi connectivity index (χ0v) is 26.0. The summed E-state index contributed by atoms with van der Waals surface area (Å²) in [5.41, 5.74) is 3.21. The number of ether oxygens (including phenoxy) is 3. The summed E-state index contributed by atoms with van der Waals surface area (Å²) in [5.74, 6) is -0.850. The van der Waals surface area contributed by atoms with Gasteiger partial charge in [-0.25, -0.2) is 9.18 Å². The van der Waals surface area contributed by atoms with Gasteiger partial charge in [-0.2, -0.15) is 5.26 Å². The van der Waals surface area contributed by atoms with E-state index < -0.39 is 29.8 Å². The Bertz CT molecular complexity index is 1640. The molecule has 2 amide bonds. The van der Waals surface area contributed by atoms with Crippen molar-refractivity contribution in [1.82, 2.24) is 10.6 Å². The molecule has 4 aromatic rings. The molecule has 5 rings (SSSR count). The second-order valence-electron chi connectivity index (χ2n) is 11.2. The Labute approximate surface area is 273 Å². The lowest BCUT2D eigenvalue weighted by Crippen LogP contribution is -2.48. The van der Waals surface area contributed by atoms with Gasteiger partial charge in [0.1, 0.15) is 30.3 Å². The largest absolute Gasteiger partial charge is 0.491 e. The number of carbonyl (C=O) groups excluding carboxylic acids is 2. The summed E-state index contributed by atoms with van der Waals surface area (Å²) in [6.45, 7) is 1.52. The van der Waals surface area contributed by atoms with E-state index in [2.05, 4.69) is 22.0 Å². The molecule has 0 radical (unpaired) electrons. The molecule has 47 heavy (non-hydrogen) atoms. The van der Waals surface area contributed by atoms with Crippen LogP contribution >= 0.6 is 0 Å². The molecule has 242 valence electrons. The van der Waals surface area contributed by atoms with Gasteiger partial charge in [-0.3, -0.25) is 4.79 Å². The second-order valence-corrected chi connectivity index (χ2v) is 11.2. The van der Waals surface area contributed by atoms with Crippen LogP contribution < -0.4 is 20.7 Å². The SMILES string of the molecule is COC(=O)NC(C(=O)Nc1ccc(F)cc1CC[C@@H]1CNC[C@@H](COc2cccc(C#N)c2)O1)C(c1ccccc1)c1ccccc1. The predicted molar refractivity (Wildman–Crippen MR) is 176 cm³/mol. The van der Waals surface area contributed by atoms with Crippen LogP contribution in [0.2, 0.25) is 0 Å². The number of hydrogen-bond donors (Lipinski definition) is 3. The van der Waals surface area contributed by atoms with Crippen molar-refractivity contribution in [3.8, 4) is 11.8 Å². The number of nitriles is 1. The first-order valence-corrected chi connectivity index (χ1v) is 15.5. The Balaban J connectivity index is 1.29. The normalized spacial score (nSPS) is 16.5. The highest BCUT2D eigenvalue weighted by molar-refractivity contribution is 5.98. The van der Waals surface area contributed by atoms with Crippen LogP contribution in [0.5, 0.6) is 5.75 Å². The van der Waals surface area contributed by atoms with Crippen molar-refractivity contribution in [2.24, 2.45) is 0 Å². The zero-order valence-electron chi connectivity index (χ0n) is 26.0. The number of amides is 2. The van der Waals surface area contributed by atoms with Crippen molar-refractivity contribution < 1.29 is 28.2 Å². The number of nitrogens with zero attached hydrogens (tertiary/aromatic N) is 1. The molecule has 3 atom stereocenters. The fraction of sp³-hybridized carbons (Fsp3) is 0.270. The van der Waals surface area contributed by atoms with Crippen molar-refractivity contribution >= 4 is 17.7 Å². The van der Waals surface area contributed by atoms with E-state index in [1.54, 1.807) is 24.3 Å². The van der Waals surface area contributed by atoms with Crippen molar-refractivity contribution in [2.75, 3.05) is 32.1 Å². The van der Waals surface area contributed by atoms with Crippen molar-refractivity contribution in [1.29, 1.82) is 5.26 Å². The van der Waals surface area contributed by atoms with Crippen LogP contribution in [0, 0.1) is 17.1 Å². The minimum absolute atomic E-state index is 0.177. The molecule has 0 saturated carbocycles. The quantitative estimate of drug-likeness (QED) is 0.186. The van der Waals surface area contributed by atoms with Gasteiger partial charge in [-0.1, -0.05) is 66.7 Å². The molecule has 0 bridgehead atoms. The molecule has 0 aromatic heterocycles. The molecule has 3 N–H and O–H groups in total. The Hall–Kier alpha value is -5.24. The number of methoxy groups -OCH3 is 1. The standard InChI is InChI=1S/C37H37FN4O5/c1-45-37(44)42-35(34(26-10-4-2-5-11-26)27-12-6-3-7-13-27)36(43)41-33-18-16-29(38)20-28(33)15-17-31-22-40-23-32(47-31)24-46-30-14-8-9-25(19-30)21-39/h2-14,16,18-20,31-32,34-35,40H,15,17,22-24H2,1H3,(H,41,43)(H,42,44)/t31-,32+,35?/m1/s1. The smallest absolute Gasteiger partial charge is 0.407 e. The molecule has 9 nitrogen and oxygen atoms in total. The molecule has 0 spiro atoms. The number of halogens is 1. The molecular formula is C37H37FN4O5. The molecule has 1 fully saturated rings. The van der Waals surface area contributed by atoms with E-state index in [-0.39, 0.29) is 12.2 Å². The fourth-order valence-electron chi connectivity index (χ4n) is 5.69. The van der Waals surface area contributed by atoms with Gasteiger partial charge in [0, 0.05) is 24.7 Å². The topological polar surface area (TPSA) is 122 Å². The highest BCUT2D eigenvalue weighted by Crippen LogP contribution is 2.30. The van der Waals surface area contributed by atoms with Crippen molar-refractivity contribution in [3.63, 3.8) is 0 Å². The van der Waals surface area contributed by atoms with Crippen LogP contribution in [0.25, 0.3) is 0 Å².